The maximum absolute atomic E-state index is 5.73. The lowest BCUT2D eigenvalue weighted by molar-refractivity contribution is 0.561. The Kier molecular flexibility index (Phi) is 3.50. The summed E-state index contributed by atoms with van der Waals surface area (Å²) in [4.78, 5) is 5.65. The summed E-state index contributed by atoms with van der Waals surface area (Å²) >= 11 is 1.59. The first-order valence-electron chi connectivity index (χ1n) is 4.91. The van der Waals surface area contributed by atoms with Crippen LogP contribution in [-0.4, -0.2) is 11.5 Å². The number of anilines is 1. The highest BCUT2D eigenvalue weighted by Gasteiger charge is 2.22. The zero-order valence-corrected chi connectivity index (χ0v) is 10.2. The second kappa shape index (κ2) is 4.28. The van der Waals surface area contributed by atoms with Crippen LogP contribution in [-0.2, 0) is 12.0 Å². The Morgan fingerprint density at radius 3 is 2.57 bits per heavy atom. The van der Waals surface area contributed by atoms with Gasteiger partial charge >= 0.3 is 0 Å². The van der Waals surface area contributed by atoms with Crippen LogP contribution in [0.4, 0.5) is 5.13 Å². The molecule has 80 valence electrons. The molecule has 0 saturated heterocycles. The molecular formula is C10H19N3S. The van der Waals surface area contributed by atoms with Gasteiger partial charge in [-0.2, -0.15) is 0 Å². The van der Waals surface area contributed by atoms with E-state index in [0.717, 1.165) is 18.8 Å². The molecule has 0 aliphatic carbocycles. The van der Waals surface area contributed by atoms with Crippen molar-refractivity contribution >= 4 is 16.5 Å². The molecule has 0 saturated carbocycles. The van der Waals surface area contributed by atoms with E-state index < -0.39 is 0 Å². The standard InChI is InChI=1S/C10H19N3S/c1-5-12-6-7-8(10(2,3)4)13-9(11)14-7/h12H,5-6H2,1-4H3,(H2,11,13). The largest absolute Gasteiger partial charge is 0.375 e. The number of nitrogens with one attached hydrogen (secondary N) is 1. The molecule has 0 amide bonds. The summed E-state index contributed by atoms with van der Waals surface area (Å²) in [5, 5.41) is 3.97. The van der Waals surface area contributed by atoms with Gasteiger partial charge in [0.05, 0.1) is 5.69 Å². The molecule has 1 aromatic rings. The number of hydrogen-bond acceptors (Lipinski definition) is 4. The second-order valence-electron chi connectivity index (χ2n) is 4.35. The average Bonchev–Trinajstić information content (AvgIpc) is 2.42. The van der Waals surface area contributed by atoms with Crippen LogP contribution in [0.5, 0.6) is 0 Å². The van der Waals surface area contributed by atoms with Crippen molar-refractivity contribution in [2.24, 2.45) is 0 Å². The maximum atomic E-state index is 5.73. The van der Waals surface area contributed by atoms with Crippen LogP contribution < -0.4 is 11.1 Å². The Balaban J connectivity index is 2.91. The fourth-order valence-electron chi connectivity index (χ4n) is 1.31. The Morgan fingerprint density at radius 1 is 1.43 bits per heavy atom. The van der Waals surface area contributed by atoms with Crippen LogP contribution in [0.2, 0.25) is 0 Å². The summed E-state index contributed by atoms with van der Waals surface area (Å²) in [6.45, 7) is 10.4. The molecule has 0 aliphatic heterocycles. The first-order valence-corrected chi connectivity index (χ1v) is 5.73. The summed E-state index contributed by atoms with van der Waals surface area (Å²) in [5.74, 6) is 0. The predicted octanol–water partition coefficient (Wildman–Crippen LogP) is 2.13. The van der Waals surface area contributed by atoms with Crippen LogP contribution in [0.25, 0.3) is 0 Å². The van der Waals surface area contributed by atoms with Gasteiger partial charge in [0.25, 0.3) is 0 Å². The average molecular weight is 213 g/mol. The zero-order valence-electron chi connectivity index (χ0n) is 9.35. The molecule has 0 bridgehead atoms. The fourth-order valence-corrected chi connectivity index (χ4v) is 2.33. The molecule has 3 nitrogen and oxygen atoms in total. The normalized spacial score (nSPS) is 12.0. The lowest BCUT2D eigenvalue weighted by Crippen LogP contribution is -2.18. The van der Waals surface area contributed by atoms with Crippen molar-refractivity contribution in [3.63, 3.8) is 0 Å². The van der Waals surface area contributed by atoms with E-state index in [1.165, 1.54) is 4.88 Å². The van der Waals surface area contributed by atoms with Crippen molar-refractivity contribution in [2.45, 2.75) is 39.7 Å². The van der Waals surface area contributed by atoms with Gasteiger partial charge in [0.2, 0.25) is 0 Å². The number of rotatable bonds is 3. The molecule has 0 radical (unpaired) electrons. The van der Waals surface area contributed by atoms with E-state index in [4.69, 9.17) is 5.73 Å². The minimum Gasteiger partial charge on any atom is -0.375 e. The van der Waals surface area contributed by atoms with Crippen LogP contribution in [0, 0.1) is 0 Å². The van der Waals surface area contributed by atoms with Gasteiger partial charge in [-0.05, 0) is 6.54 Å². The van der Waals surface area contributed by atoms with Crippen molar-refractivity contribution in [2.75, 3.05) is 12.3 Å². The minimum atomic E-state index is 0.0822. The topological polar surface area (TPSA) is 50.9 Å². The second-order valence-corrected chi connectivity index (χ2v) is 5.47. The first-order chi connectivity index (χ1) is 6.45. The van der Waals surface area contributed by atoms with Crippen LogP contribution in [0.1, 0.15) is 38.3 Å². The lowest BCUT2D eigenvalue weighted by atomic mass is 9.91. The van der Waals surface area contributed by atoms with Gasteiger partial charge in [-0.3, -0.25) is 0 Å². The van der Waals surface area contributed by atoms with Crippen molar-refractivity contribution in [3.05, 3.63) is 10.6 Å². The van der Waals surface area contributed by atoms with Crippen molar-refractivity contribution < 1.29 is 0 Å². The fraction of sp³-hybridized carbons (Fsp3) is 0.700. The zero-order chi connectivity index (χ0) is 10.8. The van der Waals surface area contributed by atoms with E-state index in [1.54, 1.807) is 11.3 Å². The quantitative estimate of drug-likeness (QED) is 0.808. The summed E-state index contributed by atoms with van der Waals surface area (Å²) in [7, 11) is 0. The van der Waals surface area contributed by atoms with Gasteiger partial charge in [-0.15, -0.1) is 11.3 Å². The van der Waals surface area contributed by atoms with E-state index >= 15 is 0 Å². The third-order valence-electron chi connectivity index (χ3n) is 1.96. The minimum absolute atomic E-state index is 0.0822. The number of nitrogens with zero attached hydrogens (tertiary/aromatic N) is 1. The van der Waals surface area contributed by atoms with Gasteiger partial charge in [-0.25, -0.2) is 4.98 Å². The number of nitrogens with two attached hydrogens (primary N) is 1. The molecule has 1 heterocycles. The SMILES string of the molecule is CCNCc1sc(N)nc1C(C)(C)C. The Morgan fingerprint density at radius 2 is 2.07 bits per heavy atom. The molecule has 0 fully saturated rings. The van der Waals surface area contributed by atoms with Crippen molar-refractivity contribution in [1.29, 1.82) is 0 Å². The number of hydrogen-bond donors (Lipinski definition) is 2. The van der Waals surface area contributed by atoms with Crippen molar-refractivity contribution in [1.82, 2.24) is 10.3 Å². The molecule has 1 rings (SSSR count). The molecule has 1 aromatic heterocycles. The number of aromatic nitrogens is 1. The van der Waals surface area contributed by atoms with E-state index in [0.29, 0.717) is 5.13 Å². The smallest absolute Gasteiger partial charge is 0.180 e. The molecule has 0 aromatic carbocycles. The van der Waals surface area contributed by atoms with Gasteiger partial charge < -0.3 is 11.1 Å². The highest BCUT2D eigenvalue weighted by molar-refractivity contribution is 7.15. The predicted molar refractivity (Wildman–Crippen MR) is 62.6 cm³/mol. The number of thiazole rings is 1. The van der Waals surface area contributed by atoms with E-state index in [-0.39, 0.29) is 5.41 Å². The summed E-state index contributed by atoms with van der Waals surface area (Å²) in [6.07, 6.45) is 0. The van der Waals surface area contributed by atoms with E-state index in [1.807, 2.05) is 0 Å². The van der Waals surface area contributed by atoms with Gasteiger partial charge in [0, 0.05) is 16.8 Å². The van der Waals surface area contributed by atoms with Crippen LogP contribution >= 0.6 is 11.3 Å². The molecule has 0 aliphatic rings. The molecule has 14 heavy (non-hydrogen) atoms. The Hall–Kier alpha value is -0.610. The van der Waals surface area contributed by atoms with E-state index in [9.17, 15) is 0 Å². The van der Waals surface area contributed by atoms with Gasteiger partial charge in [0.15, 0.2) is 5.13 Å². The third-order valence-corrected chi connectivity index (χ3v) is 2.84. The van der Waals surface area contributed by atoms with Gasteiger partial charge in [-0.1, -0.05) is 27.7 Å². The Labute approximate surface area is 89.7 Å². The highest BCUT2D eigenvalue weighted by atomic mass is 32.1. The van der Waals surface area contributed by atoms with E-state index in [2.05, 4.69) is 38.0 Å². The molecule has 4 heteroatoms. The third kappa shape index (κ3) is 2.69. The number of nitrogen functional groups attached to an aromatic ring is 1. The summed E-state index contributed by atoms with van der Waals surface area (Å²) < 4.78 is 0. The van der Waals surface area contributed by atoms with Crippen LogP contribution in [0.15, 0.2) is 0 Å². The molecule has 0 spiro atoms. The summed E-state index contributed by atoms with van der Waals surface area (Å²) in [5.41, 5.74) is 6.94. The van der Waals surface area contributed by atoms with Gasteiger partial charge in [0.1, 0.15) is 0 Å². The highest BCUT2D eigenvalue weighted by Crippen LogP contribution is 2.30. The first kappa shape index (κ1) is 11.5. The molecular weight excluding hydrogens is 194 g/mol. The summed E-state index contributed by atoms with van der Waals surface area (Å²) in [6, 6.07) is 0. The molecule has 0 unspecified atom stereocenters. The molecule has 0 atom stereocenters. The Bertz CT molecular complexity index is 299. The maximum Gasteiger partial charge on any atom is 0.180 e. The lowest BCUT2D eigenvalue weighted by Gasteiger charge is -2.17. The van der Waals surface area contributed by atoms with Crippen LogP contribution in [0.3, 0.4) is 0 Å². The van der Waals surface area contributed by atoms with Crippen molar-refractivity contribution in [3.8, 4) is 0 Å². The monoisotopic (exact) mass is 213 g/mol. The molecule has 3 N–H and O–H groups in total.